The summed E-state index contributed by atoms with van der Waals surface area (Å²) in [5.74, 6) is 0.816. The average Bonchev–Trinajstić information content (AvgIpc) is 2.52. The lowest BCUT2D eigenvalue weighted by molar-refractivity contribution is 0.354. The molecule has 0 saturated heterocycles. The smallest absolute Gasteiger partial charge is 0.241 e. The third-order valence-electron chi connectivity index (χ3n) is 2.97. The molecule has 0 saturated carbocycles. The Morgan fingerprint density at radius 3 is 2.45 bits per heavy atom. The molecule has 8 heteroatoms. The predicted molar refractivity (Wildman–Crippen MR) is 80.3 cm³/mol. The van der Waals surface area contributed by atoms with E-state index in [4.69, 9.17) is 9.47 Å². The molecule has 0 spiro atoms. The van der Waals surface area contributed by atoms with Crippen molar-refractivity contribution in [1.29, 1.82) is 0 Å². The van der Waals surface area contributed by atoms with E-state index in [0.29, 0.717) is 17.2 Å². The minimum absolute atomic E-state index is 0.0834. The van der Waals surface area contributed by atoms with Crippen LogP contribution in [0.4, 0.5) is 0 Å². The summed E-state index contributed by atoms with van der Waals surface area (Å²) in [5.41, 5.74) is 1.37. The first-order valence-corrected chi connectivity index (χ1v) is 7.94. The molecule has 0 aliphatic carbocycles. The summed E-state index contributed by atoms with van der Waals surface area (Å²) in [4.78, 5) is 8.07. The molecule has 0 bridgehead atoms. The van der Waals surface area contributed by atoms with E-state index in [1.807, 2.05) is 6.92 Å². The minimum atomic E-state index is -3.67. The maximum Gasteiger partial charge on any atom is 0.241 e. The van der Waals surface area contributed by atoms with Gasteiger partial charge in [-0.15, -0.1) is 0 Å². The second-order valence-corrected chi connectivity index (χ2v) is 6.26. The molecule has 0 unspecified atom stereocenters. The van der Waals surface area contributed by atoms with Gasteiger partial charge in [-0.25, -0.2) is 23.1 Å². The quantitative estimate of drug-likeness (QED) is 0.861. The summed E-state index contributed by atoms with van der Waals surface area (Å²) in [6.07, 6.45) is 1.40. The number of ether oxygens (including phenoxy) is 2. The number of nitrogens with zero attached hydrogens (tertiary/aromatic N) is 2. The maximum atomic E-state index is 12.3. The highest BCUT2D eigenvalue weighted by atomic mass is 32.2. The van der Waals surface area contributed by atoms with Crippen molar-refractivity contribution in [3.8, 4) is 11.5 Å². The van der Waals surface area contributed by atoms with Crippen LogP contribution in [0.3, 0.4) is 0 Å². The number of rotatable bonds is 6. The number of nitrogens with one attached hydrogen (secondary N) is 1. The molecule has 22 heavy (non-hydrogen) atoms. The van der Waals surface area contributed by atoms with Crippen molar-refractivity contribution in [3.63, 3.8) is 0 Å². The van der Waals surface area contributed by atoms with Crippen LogP contribution in [0.15, 0.2) is 35.5 Å². The van der Waals surface area contributed by atoms with Crippen molar-refractivity contribution in [2.45, 2.75) is 18.4 Å². The topological polar surface area (TPSA) is 90.4 Å². The van der Waals surface area contributed by atoms with Crippen molar-refractivity contribution < 1.29 is 17.9 Å². The van der Waals surface area contributed by atoms with E-state index in [0.717, 1.165) is 5.69 Å². The van der Waals surface area contributed by atoms with E-state index >= 15 is 0 Å². The van der Waals surface area contributed by atoms with Crippen molar-refractivity contribution in [2.75, 3.05) is 14.2 Å². The summed E-state index contributed by atoms with van der Waals surface area (Å²) in [6, 6.07) is 6.13. The van der Waals surface area contributed by atoms with Gasteiger partial charge in [0.1, 0.15) is 6.33 Å². The van der Waals surface area contributed by atoms with Crippen LogP contribution in [-0.2, 0) is 16.6 Å². The summed E-state index contributed by atoms with van der Waals surface area (Å²) in [7, 11) is -0.737. The van der Waals surface area contributed by atoms with E-state index in [1.54, 1.807) is 12.1 Å². The maximum absolute atomic E-state index is 12.3. The minimum Gasteiger partial charge on any atom is -0.493 e. The molecule has 2 aromatic rings. The molecule has 0 amide bonds. The van der Waals surface area contributed by atoms with Crippen LogP contribution < -0.4 is 14.2 Å². The van der Waals surface area contributed by atoms with Gasteiger partial charge in [-0.2, -0.15) is 0 Å². The summed E-state index contributed by atoms with van der Waals surface area (Å²) < 4.78 is 37.3. The van der Waals surface area contributed by atoms with Gasteiger partial charge >= 0.3 is 0 Å². The SMILES string of the molecule is COc1ccc(S(=O)(=O)NCc2cc(C)ncn2)cc1OC. The van der Waals surface area contributed by atoms with Crippen LogP contribution in [0.1, 0.15) is 11.4 Å². The largest absolute Gasteiger partial charge is 0.493 e. The lowest BCUT2D eigenvalue weighted by Gasteiger charge is -2.11. The number of aromatic nitrogens is 2. The molecule has 1 N–H and O–H groups in total. The van der Waals surface area contributed by atoms with Gasteiger partial charge in [0, 0.05) is 11.8 Å². The van der Waals surface area contributed by atoms with Crippen molar-refractivity contribution in [2.24, 2.45) is 0 Å². The molecule has 1 aromatic heterocycles. The lowest BCUT2D eigenvalue weighted by atomic mass is 10.3. The van der Waals surface area contributed by atoms with E-state index in [-0.39, 0.29) is 11.4 Å². The van der Waals surface area contributed by atoms with Gasteiger partial charge in [-0.05, 0) is 25.1 Å². The van der Waals surface area contributed by atoms with Crippen LogP contribution in [0, 0.1) is 6.92 Å². The first-order chi connectivity index (χ1) is 10.5. The van der Waals surface area contributed by atoms with E-state index in [1.165, 1.54) is 32.7 Å². The summed E-state index contributed by atoms with van der Waals surface area (Å²) in [5, 5.41) is 0. The van der Waals surface area contributed by atoms with Gasteiger partial charge in [0.15, 0.2) is 11.5 Å². The number of aryl methyl sites for hydroxylation is 1. The first-order valence-electron chi connectivity index (χ1n) is 6.45. The van der Waals surface area contributed by atoms with E-state index in [2.05, 4.69) is 14.7 Å². The zero-order valence-electron chi connectivity index (χ0n) is 12.5. The zero-order valence-corrected chi connectivity index (χ0v) is 13.3. The van der Waals surface area contributed by atoms with Crippen molar-refractivity contribution >= 4 is 10.0 Å². The highest BCUT2D eigenvalue weighted by Crippen LogP contribution is 2.29. The fourth-order valence-electron chi connectivity index (χ4n) is 1.84. The molecular weight excluding hydrogens is 306 g/mol. The number of benzene rings is 1. The molecule has 118 valence electrons. The Balaban J connectivity index is 2.20. The second kappa shape index (κ2) is 6.71. The number of methoxy groups -OCH3 is 2. The molecule has 7 nitrogen and oxygen atoms in total. The highest BCUT2D eigenvalue weighted by Gasteiger charge is 2.17. The Kier molecular flexibility index (Phi) is 4.94. The van der Waals surface area contributed by atoms with Crippen LogP contribution in [0.5, 0.6) is 11.5 Å². The second-order valence-electron chi connectivity index (χ2n) is 4.49. The van der Waals surface area contributed by atoms with Crippen molar-refractivity contribution in [1.82, 2.24) is 14.7 Å². The Morgan fingerprint density at radius 1 is 1.09 bits per heavy atom. The molecule has 2 rings (SSSR count). The summed E-state index contributed by atoms with van der Waals surface area (Å²) >= 11 is 0. The lowest BCUT2D eigenvalue weighted by Crippen LogP contribution is -2.23. The van der Waals surface area contributed by atoms with Crippen LogP contribution in [0.25, 0.3) is 0 Å². The fourth-order valence-corrected chi connectivity index (χ4v) is 2.86. The highest BCUT2D eigenvalue weighted by molar-refractivity contribution is 7.89. The standard InChI is InChI=1S/C14H17N3O4S/c1-10-6-11(16-9-15-10)8-17-22(18,19)12-4-5-13(20-2)14(7-12)21-3/h4-7,9,17H,8H2,1-3H3. The number of sulfonamides is 1. The number of hydrogen-bond acceptors (Lipinski definition) is 6. The Bertz CT molecular complexity index is 762. The molecule has 1 heterocycles. The normalized spacial score (nSPS) is 11.2. The first kappa shape index (κ1) is 16.2. The molecule has 0 radical (unpaired) electrons. The molecule has 1 aromatic carbocycles. The predicted octanol–water partition coefficient (Wildman–Crippen LogP) is 1.28. The Morgan fingerprint density at radius 2 is 1.82 bits per heavy atom. The third-order valence-corrected chi connectivity index (χ3v) is 4.37. The average molecular weight is 323 g/mol. The van der Waals surface area contributed by atoms with Gasteiger partial charge in [0.05, 0.1) is 31.4 Å². The number of hydrogen-bond donors (Lipinski definition) is 1. The monoisotopic (exact) mass is 323 g/mol. The molecule has 0 aliphatic heterocycles. The van der Waals surface area contributed by atoms with E-state index < -0.39 is 10.0 Å². The Hall–Kier alpha value is -2.19. The van der Waals surface area contributed by atoms with Crippen LogP contribution in [0.2, 0.25) is 0 Å². The molecule has 0 aliphatic rings. The van der Waals surface area contributed by atoms with Gasteiger partial charge in [0.2, 0.25) is 10.0 Å². The van der Waals surface area contributed by atoms with Gasteiger partial charge in [0.25, 0.3) is 0 Å². The van der Waals surface area contributed by atoms with E-state index in [9.17, 15) is 8.42 Å². The van der Waals surface area contributed by atoms with Crippen LogP contribution >= 0.6 is 0 Å². The fraction of sp³-hybridized carbons (Fsp3) is 0.286. The molecular formula is C14H17N3O4S. The zero-order chi connectivity index (χ0) is 16.2. The van der Waals surface area contributed by atoms with Crippen molar-refractivity contribution in [3.05, 3.63) is 42.0 Å². The molecule has 0 fully saturated rings. The van der Waals surface area contributed by atoms with Gasteiger partial charge < -0.3 is 9.47 Å². The Labute approximate surface area is 129 Å². The van der Waals surface area contributed by atoms with Crippen LogP contribution in [-0.4, -0.2) is 32.6 Å². The molecule has 0 atom stereocenters. The van der Waals surface area contributed by atoms with Gasteiger partial charge in [-0.3, -0.25) is 0 Å². The third kappa shape index (κ3) is 3.71. The summed E-state index contributed by atoms with van der Waals surface area (Å²) in [6.45, 7) is 1.90. The van der Waals surface area contributed by atoms with Gasteiger partial charge in [-0.1, -0.05) is 0 Å².